The van der Waals surface area contributed by atoms with E-state index in [4.69, 9.17) is 9.15 Å². The van der Waals surface area contributed by atoms with Gasteiger partial charge in [-0.15, -0.1) is 0 Å². The van der Waals surface area contributed by atoms with Crippen molar-refractivity contribution in [3.63, 3.8) is 0 Å². The Labute approximate surface area is 164 Å². The SMILES string of the molecule is c1ccc([C@@H]2O[C@@H](c3ccco3)N(c3ccccc3)[C@H]2c2ccccc2)cc1. The van der Waals surface area contributed by atoms with Gasteiger partial charge in [-0.3, -0.25) is 0 Å². The first kappa shape index (κ1) is 16.8. The minimum atomic E-state index is -0.298. The van der Waals surface area contributed by atoms with Crippen molar-refractivity contribution in [3.8, 4) is 0 Å². The van der Waals surface area contributed by atoms with Crippen molar-refractivity contribution in [2.45, 2.75) is 18.4 Å². The van der Waals surface area contributed by atoms with Gasteiger partial charge in [-0.05, 0) is 35.4 Å². The molecule has 0 saturated carbocycles. The van der Waals surface area contributed by atoms with E-state index in [1.54, 1.807) is 6.26 Å². The van der Waals surface area contributed by atoms with E-state index in [0.29, 0.717) is 0 Å². The normalized spacial score (nSPS) is 21.7. The van der Waals surface area contributed by atoms with E-state index in [0.717, 1.165) is 17.0 Å². The van der Waals surface area contributed by atoms with Crippen molar-refractivity contribution in [1.29, 1.82) is 0 Å². The first-order valence-corrected chi connectivity index (χ1v) is 9.54. The molecule has 0 amide bonds. The summed E-state index contributed by atoms with van der Waals surface area (Å²) in [7, 11) is 0. The zero-order valence-electron chi connectivity index (χ0n) is 15.4. The molecule has 0 N–H and O–H groups in total. The van der Waals surface area contributed by atoms with E-state index in [2.05, 4.69) is 77.7 Å². The van der Waals surface area contributed by atoms with Gasteiger partial charge in [0.05, 0.1) is 12.3 Å². The quantitative estimate of drug-likeness (QED) is 0.423. The number of ether oxygens (including phenoxy) is 1. The van der Waals surface area contributed by atoms with Gasteiger partial charge in [-0.1, -0.05) is 78.9 Å². The van der Waals surface area contributed by atoms with E-state index in [-0.39, 0.29) is 18.4 Å². The van der Waals surface area contributed by atoms with Gasteiger partial charge in [0.2, 0.25) is 0 Å². The van der Waals surface area contributed by atoms with Crippen LogP contribution in [0.2, 0.25) is 0 Å². The second-order valence-corrected chi connectivity index (χ2v) is 6.93. The molecule has 1 aliphatic heterocycles. The Morgan fingerprint density at radius 2 is 1.21 bits per heavy atom. The maximum Gasteiger partial charge on any atom is 0.190 e. The zero-order chi connectivity index (χ0) is 18.8. The van der Waals surface area contributed by atoms with Crippen LogP contribution < -0.4 is 4.90 Å². The highest BCUT2D eigenvalue weighted by atomic mass is 16.5. The van der Waals surface area contributed by atoms with Crippen LogP contribution in [0.4, 0.5) is 5.69 Å². The fraction of sp³-hybridized carbons (Fsp3) is 0.120. The number of nitrogens with zero attached hydrogens (tertiary/aromatic N) is 1. The minimum absolute atomic E-state index is 0.0288. The second-order valence-electron chi connectivity index (χ2n) is 6.93. The number of furan rings is 1. The zero-order valence-corrected chi connectivity index (χ0v) is 15.4. The highest BCUT2D eigenvalue weighted by molar-refractivity contribution is 5.52. The van der Waals surface area contributed by atoms with Gasteiger partial charge >= 0.3 is 0 Å². The Bertz CT molecular complexity index is 1000. The molecule has 4 aromatic rings. The summed E-state index contributed by atoms with van der Waals surface area (Å²) in [6.07, 6.45) is 1.29. The molecule has 5 rings (SSSR count). The van der Waals surface area contributed by atoms with Crippen LogP contribution >= 0.6 is 0 Å². The maximum absolute atomic E-state index is 6.66. The third-order valence-corrected chi connectivity index (χ3v) is 5.22. The fourth-order valence-electron chi connectivity index (χ4n) is 3.99. The van der Waals surface area contributed by atoms with Crippen LogP contribution in [0.5, 0.6) is 0 Å². The lowest BCUT2D eigenvalue weighted by molar-refractivity contribution is 0.0287. The van der Waals surface area contributed by atoms with Crippen LogP contribution in [0.1, 0.15) is 35.3 Å². The maximum atomic E-state index is 6.66. The van der Waals surface area contributed by atoms with Gasteiger partial charge in [0, 0.05) is 5.69 Å². The third-order valence-electron chi connectivity index (χ3n) is 5.22. The predicted molar refractivity (Wildman–Crippen MR) is 110 cm³/mol. The minimum Gasteiger partial charge on any atom is -0.465 e. The lowest BCUT2D eigenvalue weighted by Crippen LogP contribution is -2.27. The molecule has 0 bridgehead atoms. The predicted octanol–water partition coefficient (Wildman–Crippen LogP) is 6.30. The van der Waals surface area contributed by atoms with Gasteiger partial charge in [0.1, 0.15) is 6.10 Å². The molecule has 0 unspecified atom stereocenters. The molecule has 3 atom stereocenters. The molecule has 1 saturated heterocycles. The summed E-state index contributed by atoms with van der Waals surface area (Å²) in [5, 5.41) is 0. The molecule has 0 spiro atoms. The molecule has 0 radical (unpaired) electrons. The monoisotopic (exact) mass is 367 g/mol. The molecule has 3 nitrogen and oxygen atoms in total. The second kappa shape index (κ2) is 7.37. The molecule has 138 valence electrons. The first-order chi connectivity index (χ1) is 13.9. The molecule has 3 heteroatoms. The Hall–Kier alpha value is -3.30. The molecule has 1 fully saturated rings. The van der Waals surface area contributed by atoms with Crippen LogP contribution in [0.3, 0.4) is 0 Å². The molecule has 28 heavy (non-hydrogen) atoms. The smallest absolute Gasteiger partial charge is 0.190 e. The van der Waals surface area contributed by atoms with Gasteiger partial charge < -0.3 is 14.1 Å². The van der Waals surface area contributed by atoms with Crippen molar-refractivity contribution >= 4 is 5.69 Å². The van der Waals surface area contributed by atoms with Crippen molar-refractivity contribution in [1.82, 2.24) is 0 Å². The average molecular weight is 367 g/mol. The summed E-state index contributed by atoms with van der Waals surface area (Å²) in [5.41, 5.74) is 3.48. The van der Waals surface area contributed by atoms with Crippen molar-refractivity contribution in [2.24, 2.45) is 0 Å². The molecule has 3 aromatic carbocycles. The lowest BCUT2D eigenvalue weighted by Gasteiger charge is -2.31. The number of para-hydroxylation sites is 1. The van der Waals surface area contributed by atoms with Crippen LogP contribution in [-0.2, 0) is 4.74 Å². The molecule has 0 aliphatic carbocycles. The van der Waals surface area contributed by atoms with E-state index in [1.807, 2.05) is 30.3 Å². The number of hydrogen-bond donors (Lipinski definition) is 0. The first-order valence-electron chi connectivity index (χ1n) is 9.54. The van der Waals surface area contributed by atoms with Crippen molar-refractivity contribution < 1.29 is 9.15 Å². The molecule has 1 aliphatic rings. The molecular weight excluding hydrogens is 346 g/mol. The Morgan fingerprint density at radius 1 is 0.607 bits per heavy atom. The van der Waals surface area contributed by atoms with Crippen molar-refractivity contribution in [3.05, 3.63) is 126 Å². The van der Waals surface area contributed by atoms with Gasteiger partial charge in [-0.2, -0.15) is 0 Å². The number of anilines is 1. The summed E-state index contributed by atoms with van der Waals surface area (Å²) in [4.78, 5) is 2.33. The van der Waals surface area contributed by atoms with E-state index in [9.17, 15) is 0 Å². The van der Waals surface area contributed by atoms with E-state index >= 15 is 0 Å². The van der Waals surface area contributed by atoms with E-state index < -0.39 is 0 Å². The summed E-state index contributed by atoms with van der Waals surface area (Å²) in [6.45, 7) is 0. The number of benzene rings is 3. The summed E-state index contributed by atoms with van der Waals surface area (Å²) < 4.78 is 12.4. The number of rotatable bonds is 4. The largest absolute Gasteiger partial charge is 0.465 e. The van der Waals surface area contributed by atoms with Crippen LogP contribution in [0.15, 0.2) is 114 Å². The average Bonchev–Trinajstić information content (AvgIpc) is 3.43. The molecular formula is C25H21NO2. The van der Waals surface area contributed by atoms with Gasteiger partial charge in [0.25, 0.3) is 0 Å². The van der Waals surface area contributed by atoms with Crippen LogP contribution in [0, 0.1) is 0 Å². The molecule has 2 heterocycles. The third kappa shape index (κ3) is 3.00. The Balaban J connectivity index is 1.68. The molecule has 1 aromatic heterocycles. The van der Waals surface area contributed by atoms with E-state index in [1.165, 1.54) is 5.56 Å². The van der Waals surface area contributed by atoms with Crippen molar-refractivity contribution in [2.75, 3.05) is 4.90 Å². The summed E-state index contributed by atoms with van der Waals surface area (Å²) in [6, 6.07) is 35.3. The Morgan fingerprint density at radius 3 is 1.82 bits per heavy atom. The highest BCUT2D eigenvalue weighted by Gasteiger charge is 2.45. The van der Waals surface area contributed by atoms with Crippen LogP contribution in [-0.4, -0.2) is 0 Å². The summed E-state index contributed by atoms with van der Waals surface area (Å²) in [5.74, 6) is 0.809. The highest BCUT2D eigenvalue weighted by Crippen LogP contribution is 2.52. The summed E-state index contributed by atoms with van der Waals surface area (Å²) >= 11 is 0. The standard InChI is InChI=1S/C25H21NO2/c1-4-11-19(12-5-1)23-24(20-13-6-2-7-14-20)28-25(22-17-10-18-27-22)26(23)21-15-8-3-9-16-21/h1-18,23-25H/t23-,24-,25-/m0/s1. The fourth-order valence-corrected chi connectivity index (χ4v) is 3.99. The van der Waals surface area contributed by atoms with Gasteiger partial charge in [-0.25, -0.2) is 0 Å². The lowest BCUT2D eigenvalue weighted by atomic mass is 9.95. The topological polar surface area (TPSA) is 25.6 Å². The number of hydrogen-bond acceptors (Lipinski definition) is 3. The van der Waals surface area contributed by atoms with Gasteiger partial charge in [0.15, 0.2) is 12.0 Å². The van der Waals surface area contributed by atoms with Crippen LogP contribution in [0.25, 0.3) is 0 Å². The Kier molecular flexibility index (Phi) is 4.43.